The molecule has 1 heterocycles. The van der Waals surface area contributed by atoms with Gasteiger partial charge in [0.25, 0.3) is 0 Å². The van der Waals surface area contributed by atoms with Crippen LogP contribution in [0.4, 0.5) is 10.5 Å². The molecule has 0 unspecified atom stereocenters. The molecule has 1 amide bonds. The van der Waals surface area contributed by atoms with E-state index in [4.69, 9.17) is 4.74 Å². The van der Waals surface area contributed by atoms with Gasteiger partial charge in [0.1, 0.15) is 6.61 Å². The van der Waals surface area contributed by atoms with Crippen molar-refractivity contribution in [1.82, 2.24) is 4.98 Å². The molecular weight excluding hydrogens is 320 g/mol. The van der Waals surface area contributed by atoms with E-state index in [-0.39, 0.29) is 12.7 Å². The Morgan fingerprint density at radius 1 is 1.17 bits per heavy atom. The first-order valence-electron chi connectivity index (χ1n) is 7.64. The van der Waals surface area contributed by atoms with Crippen LogP contribution in [0, 0.1) is 6.92 Å². The van der Waals surface area contributed by atoms with Gasteiger partial charge in [0.2, 0.25) is 0 Å². The van der Waals surface area contributed by atoms with Gasteiger partial charge in [0, 0.05) is 11.9 Å². The summed E-state index contributed by atoms with van der Waals surface area (Å²) in [5, 5.41) is 0. The van der Waals surface area contributed by atoms with Gasteiger partial charge in [-0.15, -0.1) is 11.3 Å². The molecule has 0 atom stereocenters. The Bertz CT molecular complexity index is 788. The minimum atomic E-state index is -0.363. The van der Waals surface area contributed by atoms with Crippen LogP contribution in [0.1, 0.15) is 16.0 Å². The highest BCUT2D eigenvalue weighted by atomic mass is 32.1. The van der Waals surface area contributed by atoms with Crippen LogP contribution >= 0.6 is 11.3 Å². The van der Waals surface area contributed by atoms with Crippen LogP contribution in [-0.4, -0.2) is 11.1 Å². The fourth-order valence-corrected chi connectivity index (χ4v) is 2.85. The minimum absolute atomic E-state index is 0.237. The molecule has 1 aromatic heterocycles. The molecule has 0 aliphatic carbocycles. The number of thiazole rings is 1. The van der Waals surface area contributed by atoms with E-state index in [1.54, 1.807) is 16.6 Å². The van der Waals surface area contributed by atoms with Gasteiger partial charge in [-0.05, 0) is 30.2 Å². The van der Waals surface area contributed by atoms with Crippen LogP contribution in [0.25, 0.3) is 0 Å². The topological polar surface area (TPSA) is 42.4 Å². The van der Waals surface area contributed by atoms with E-state index in [9.17, 15) is 4.79 Å². The number of aromatic nitrogens is 1. The van der Waals surface area contributed by atoms with Crippen molar-refractivity contribution in [3.05, 3.63) is 82.3 Å². The summed E-state index contributed by atoms with van der Waals surface area (Å²) in [5.74, 6) is 0. The summed E-state index contributed by atoms with van der Waals surface area (Å²) in [6, 6.07) is 17.7. The highest BCUT2D eigenvalue weighted by molar-refractivity contribution is 7.09. The Morgan fingerprint density at radius 3 is 2.71 bits per heavy atom. The lowest BCUT2D eigenvalue weighted by molar-refractivity contribution is 0.147. The number of hydrogen-bond acceptors (Lipinski definition) is 4. The molecular formula is C19H18N2O2S. The number of ether oxygens (including phenoxy) is 1. The van der Waals surface area contributed by atoms with Gasteiger partial charge in [0.15, 0.2) is 0 Å². The third kappa shape index (κ3) is 4.20. The first-order chi connectivity index (χ1) is 11.7. The second-order valence-corrected chi connectivity index (χ2v) is 6.40. The molecule has 3 rings (SSSR count). The van der Waals surface area contributed by atoms with Gasteiger partial charge in [-0.1, -0.05) is 42.5 Å². The van der Waals surface area contributed by atoms with Crippen LogP contribution in [0.15, 0.2) is 66.3 Å². The maximum absolute atomic E-state index is 12.6. The summed E-state index contributed by atoms with van der Waals surface area (Å²) in [6.07, 6.45) is 1.35. The summed E-state index contributed by atoms with van der Waals surface area (Å²) >= 11 is 1.47. The third-order valence-corrected chi connectivity index (χ3v) is 4.29. The lowest BCUT2D eigenvalue weighted by Gasteiger charge is -2.22. The number of carbonyl (C=O) groups excluding carboxylic acids is 1. The number of hydrogen-bond donors (Lipinski definition) is 0. The number of amides is 1. The lowest BCUT2D eigenvalue weighted by Crippen LogP contribution is -2.31. The normalized spacial score (nSPS) is 10.4. The van der Waals surface area contributed by atoms with Gasteiger partial charge < -0.3 is 4.74 Å². The fourth-order valence-electron chi connectivity index (χ4n) is 2.35. The van der Waals surface area contributed by atoms with Crippen LogP contribution in [0.5, 0.6) is 0 Å². The Morgan fingerprint density at radius 2 is 2.00 bits per heavy atom. The summed E-state index contributed by atoms with van der Waals surface area (Å²) < 4.78 is 5.47. The van der Waals surface area contributed by atoms with Crippen molar-refractivity contribution in [2.24, 2.45) is 0 Å². The number of benzene rings is 2. The van der Waals surface area contributed by atoms with Gasteiger partial charge in [-0.25, -0.2) is 4.79 Å². The largest absolute Gasteiger partial charge is 0.443 e. The van der Waals surface area contributed by atoms with Gasteiger partial charge in [-0.2, -0.15) is 0 Å². The predicted molar refractivity (Wildman–Crippen MR) is 96.1 cm³/mol. The molecule has 0 fully saturated rings. The quantitative estimate of drug-likeness (QED) is 0.671. The molecule has 0 spiro atoms. The van der Waals surface area contributed by atoms with Crippen LogP contribution in [0.3, 0.4) is 0 Å². The van der Waals surface area contributed by atoms with Crippen molar-refractivity contribution >= 4 is 23.1 Å². The maximum Gasteiger partial charge on any atom is 0.414 e. The van der Waals surface area contributed by atoms with E-state index in [1.165, 1.54) is 11.3 Å². The first-order valence-corrected chi connectivity index (χ1v) is 8.52. The fraction of sp³-hybridized carbons (Fsp3) is 0.158. The summed E-state index contributed by atoms with van der Waals surface area (Å²) in [7, 11) is 0. The second kappa shape index (κ2) is 7.75. The van der Waals surface area contributed by atoms with Crippen LogP contribution in [0.2, 0.25) is 0 Å². The third-order valence-electron chi connectivity index (χ3n) is 3.54. The number of aryl methyl sites for hydroxylation is 1. The van der Waals surface area contributed by atoms with Crippen molar-refractivity contribution in [3.8, 4) is 0 Å². The van der Waals surface area contributed by atoms with E-state index >= 15 is 0 Å². The zero-order valence-corrected chi connectivity index (χ0v) is 14.2. The molecule has 2 aromatic carbocycles. The average Bonchev–Trinajstić information content (AvgIpc) is 3.12. The van der Waals surface area contributed by atoms with Gasteiger partial charge >= 0.3 is 6.09 Å². The van der Waals surface area contributed by atoms with E-state index < -0.39 is 0 Å². The molecule has 0 saturated carbocycles. The zero-order chi connectivity index (χ0) is 16.8. The predicted octanol–water partition coefficient (Wildman–Crippen LogP) is 4.79. The molecule has 122 valence electrons. The number of carbonyl (C=O) groups is 1. The molecule has 5 heteroatoms. The van der Waals surface area contributed by atoms with Gasteiger partial charge in [0.05, 0.1) is 16.9 Å². The molecule has 4 nitrogen and oxygen atoms in total. The Hall–Kier alpha value is -2.66. The summed E-state index contributed by atoms with van der Waals surface area (Å²) in [4.78, 5) is 19.2. The molecule has 0 radical (unpaired) electrons. The number of anilines is 1. The van der Waals surface area contributed by atoms with Gasteiger partial charge in [-0.3, -0.25) is 9.88 Å². The maximum atomic E-state index is 12.6. The molecule has 0 N–H and O–H groups in total. The Labute approximate surface area is 145 Å². The van der Waals surface area contributed by atoms with E-state index in [1.807, 2.05) is 61.5 Å². The van der Waals surface area contributed by atoms with E-state index in [0.717, 1.165) is 21.7 Å². The first kappa shape index (κ1) is 16.2. The summed E-state index contributed by atoms with van der Waals surface area (Å²) in [6.45, 7) is 2.71. The standard InChI is InChI=1S/C19H18N2O2S/c1-15-6-5-9-17(10-15)21(12-16-7-3-2-4-8-16)19(22)23-13-18-11-20-14-24-18/h2-11,14H,12-13H2,1H3. The van der Waals surface area contributed by atoms with E-state index in [2.05, 4.69) is 4.98 Å². The van der Waals surface area contributed by atoms with Crippen molar-refractivity contribution in [2.75, 3.05) is 4.90 Å². The molecule has 24 heavy (non-hydrogen) atoms. The van der Waals surface area contributed by atoms with Crippen molar-refractivity contribution in [3.63, 3.8) is 0 Å². The molecule has 0 saturated heterocycles. The van der Waals surface area contributed by atoms with E-state index in [0.29, 0.717) is 6.54 Å². The Balaban J connectivity index is 1.79. The number of rotatable bonds is 5. The minimum Gasteiger partial charge on any atom is -0.443 e. The van der Waals surface area contributed by atoms with Crippen molar-refractivity contribution < 1.29 is 9.53 Å². The highest BCUT2D eigenvalue weighted by Gasteiger charge is 2.18. The van der Waals surface area contributed by atoms with Crippen molar-refractivity contribution in [1.29, 1.82) is 0 Å². The summed E-state index contributed by atoms with van der Waals surface area (Å²) in [5.41, 5.74) is 4.70. The Kier molecular flexibility index (Phi) is 5.23. The smallest absolute Gasteiger partial charge is 0.414 e. The molecule has 0 aliphatic rings. The van der Waals surface area contributed by atoms with Crippen LogP contribution in [-0.2, 0) is 17.9 Å². The SMILES string of the molecule is Cc1cccc(N(Cc2ccccc2)C(=O)OCc2cncs2)c1. The van der Waals surface area contributed by atoms with Crippen molar-refractivity contribution in [2.45, 2.75) is 20.1 Å². The monoisotopic (exact) mass is 338 g/mol. The molecule has 0 bridgehead atoms. The molecule has 3 aromatic rings. The molecule has 0 aliphatic heterocycles. The number of nitrogens with zero attached hydrogens (tertiary/aromatic N) is 2. The zero-order valence-electron chi connectivity index (χ0n) is 13.4. The van der Waals surface area contributed by atoms with Crippen LogP contribution < -0.4 is 4.90 Å². The second-order valence-electron chi connectivity index (χ2n) is 5.43. The highest BCUT2D eigenvalue weighted by Crippen LogP contribution is 2.20. The average molecular weight is 338 g/mol. The lowest BCUT2D eigenvalue weighted by atomic mass is 10.1.